The van der Waals surface area contributed by atoms with E-state index in [2.05, 4.69) is 0 Å². The molecule has 0 aromatic heterocycles. The minimum atomic E-state index is -0.248. The molecule has 1 aromatic carbocycles. The van der Waals surface area contributed by atoms with Crippen molar-refractivity contribution < 1.29 is 14.3 Å². The van der Waals surface area contributed by atoms with Crippen molar-refractivity contribution in [2.45, 2.75) is 19.2 Å². The summed E-state index contributed by atoms with van der Waals surface area (Å²) in [4.78, 5) is 11.4. The van der Waals surface area contributed by atoms with Crippen LogP contribution in [-0.4, -0.2) is 19.7 Å². The van der Waals surface area contributed by atoms with Crippen LogP contribution in [0.1, 0.15) is 18.1 Å². The van der Waals surface area contributed by atoms with Gasteiger partial charge in [0, 0.05) is 5.88 Å². The minimum absolute atomic E-state index is 0.229. The summed E-state index contributed by atoms with van der Waals surface area (Å²) in [6.07, 6.45) is 0.229. The first kappa shape index (κ1) is 12.8. The smallest absolute Gasteiger partial charge is 0.310 e. The number of benzene rings is 1. The zero-order chi connectivity index (χ0) is 12.0. The lowest BCUT2D eigenvalue weighted by Crippen LogP contribution is -2.09. The molecule has 4 heteroatoms. The number of carbonyl (C=O) groups excluding carboxylic acids is 1. The molecular formula is C12H15ClO3. The lowest BCUT2D eigenvalue weighted by atomic mass is 10.1. The van der Waals surface area contributed by atoms with Gasteiger partial charge in [-0.15, -0.1) is 11.6 Å². The Kier molecular flexibility index (Phi) is 5.12. The first-order valence-corrected chi connectivity index (χ1v) is 5.62. The van der Waals surface area contributed by atoms with Crippen LogP contribution in [0.4, 0.5) is 0 Å². The predicted molar refractivity (Wildman–Crippen MR) is 62.9 cm³/mol. The van der Waals surface area contributed by atoms with E-state index in [1.54, 1.807) is 14.0 Å². The normalized spacial score (nSPS) is 9.94. The van der Waals surface area contributed by atoms with E-state index >= 15 is 0 Å². The Hall–Kier alpha value is -1.22. The summed E-state index contributed by atoms with van der Waals surface area (Å²) in [5, 5.41) is 0. The number of carbonyl (C=O) groups is 1. The number of halogens is 1. The molecule has 0 N–H and O–H groups in total. The molecule has 3 nitrogen and oxygen atoms in total. The molecule has 1 aromatic rings. The molecule has 0 spiro atoms. The van der Waals surface area contributed by atoms with Gasteiger partial charge in [-0.2, -0.15) is 0 Å². The first-order chi connectivity index (χ1) is 7.71. The summed E-state index contributed by atoms with van der Waals surface area (Å²) in [5.74, 6) is 0.842. The summed E-state index contributed by atoms with van der Waals surface area (Å²) in [7, 11) is 1.59. The van der Waals surface area contributed by atoms with E-state index in [4.69, 9.17) is 21.1 Å². The Labute approximate surface area is 100 Å². The van der Waals surface area contributed by atoms with E-state index < -0.39 is 0 Å². The maximum absolute atomic E-state index is 11.4. The third kappa shape index (κ3) is 3.42. The van der Waals surface area contributed by atoms with Crippen LogP contribution in [0.2, 0.25) is 0 Å². The van der Waals surface area contributed by atoms with Crippen molar-refractivity contribution in [3.63, 3.8) is 0 Å². The topological polar surface area (TPSA) is 35.5 Å². The van der Waals surface area contributed by atoms with Crippen LogP contribution >= 0.6 is 11.6 Å². The van der Waals surface area contributed by atoms with Crippen molar-refractivity contribution in [3.05, 3.63) is 29.3 Å². The van der Waals surface area contributed by atoms with E-state index in [1.807, 2.05) is 18.2 Å². The molecule has 0 bridgehead atoms. The average Bonchev–Trinajstić information content (AvgIpc) is 2.29. The summed E-state index contributed by atoms with van der Waals surface area (Å²) >= 11 is 5.80. The number of hydrogen-bond donors (Lipinski definition) is 0. The van der Waals surface area contributed by atoms with Crippen molar-refractivity contribution in [2.75, 3.05) is 13.7 Å². The van der Waals surface area contributed by atoms with Crippen molar-refractivity contribution in [2.24, 2.45) is 0 Å². The molecule has 0 aliphatic rings. The first-order valence-electron chi connectivity index (χ1n) is 5.08. The standard InChI is InChI=1S/C12H15ClO3/c1-3-16-12(14)7-10-6-11(15-2)5-4-9(10)8-13/h4-6H,3,7-8H2,1-2H3. The van der Waals surface area contributed by atoms with Crippen molar-refractivity contribution >= 4 is 17.6 Å². The van der Waals surface area contributed by atoms with Crippen LogP contribution in [-0.2, 0) is 21.8 Å². The minimum Gasteiger partial charge on any atom is -0.497 e. The number of methoxy groups -OCH3 is 1. The molecule has 16 heavy (non-hydrogen) atoms. The van der Waals surface area contributed by atoms with Gasteiger partial charge in [0.1, 0.15) is 5.75 Å². The monoisotopic (exact) mass is 242 g/mol. The Balaban J connectivity index is 2.86. The van der Waals surface area contributed by atoms with Crippen LogP contribution in [0, 0.1) is 0 Å². The van der Waals surface area contributed by atoms with Gasteiger partial charge >= 0.3 is 5.97 Å². The highest BCUT2D eigenvalue weighted by Crippen LogP contribution is 2.20. The van der Waals surface area contributed by atoms with Gasteiger partial charge in [-0.3, -0.25) is 4.79 Å². The molecule has 88 valence electrons. The van der Waals surface area contributed by atoms with Gasteiger partial charge in [-0.25, -0.2) is 0 Å². The molecule has 0 heterocycles. The third-order valence-corrected chi connectivity index (χ3v) is 2.49. The SMILES string of the molecule is CCOC(=O)Cc1cc(OC)ccc1CCl. The Morgan fingerprint density at radius 2 is 2.12 bits per heavy atom. The van der Waals surface area contributed by atoms with Gasteiger partial charge in [0.2, 0.25) is 0 Å². The lowest BCUT2D eigenvalue weighted by molar-refractivity contribution is -0.142. The van der Waals surface area contributed by atoms with Gasteiger partial charge in [0.15, 0.2) is 0 Å². The van der Waals surface area contributed by atoms with Crippen molar-refractivity contribution in [1.82, 2.24) is 0 Å². The third-order valence-electron chi connectivity index (χ3n) is 2.20. The fraction of sp³-hybridized carbons (Fsp3) is 0.417. The van der Waals surface area contributed by atoms with Crippen molar-refractivity contribution in [3.8, 4) is 5.75 Å². The molecule has 0 amide bonds. The molecule has 0 fully saturated rings. The maximum Gasteiger partial charge on any atom is 0.310 e. The van der Waals surface area contributed by atoms with Crippen LogP contribution in [0.15, 0.2) is 18.2 Å². The van der Waals surface area contributed by atoms with Gasteiger partial charge in [-0.1, -0.05) is 6.07 Å². The lowest BCUT2D eigenvalue weighted by Gasteiger charge is -2.09. The molecule has 0 saturated heterocycles. The van der Waals surface area contributed by atoms with E-state index in [9.17, 15) is 4.79 Å². The molecular weight excluding hydrogens is 228 g/mol. The molecule has 1 rings (SSSR count). The second-order valence-electron chi connectivity index (χ2n) is 3.25. The summed E-state index contributed by atoms with van der Waals surface area (Å²) in [6, 6.07) is 5.50. The molecule has 0 aliphatic heterocycles. The van der Waals surface area contributed by atoms with Gasteiger partial charge in [-0.05, 0) is 30.2 Å². The molecule has 0 aliphatic carbocycles. The number of ether oxygens (including phenoxy) is 2. The van der Waals surface area contributed by atoms with Gasteiger partial charge in [0.05, 0.1) is 20.1 Å². The van der Waals surface area contributed by atoms with E-state index in [-0.39, 0.29) is 12.4 Å². The van der Waals surface area contributed by atoms with Crippen LogP contribution in [0.5, 0.6) is 5.75 Å². The molecule has 0 saturated carbocycles. The highest BCUT2D eigenvalue weighted by molar-refractivity contribution is 6.17. The number of hydrogen-bond acceptors (Lipinski definition) is 3. The van der Waals surface area contributed by atoms with Gasteiger partial charge < -0.3 is 9.47 Å². The highest BCUT2D eigenvalue weighted by Gasteiger charge is 2.09. The fourth-order valence-corrected chi connectivity index (χ4v) is 1.65. The summed E-state index contributed by atoms with van der Waals surface area (Å²) in [6.45, 7) is 2.17. The second-order valence-corrected chi connectivity index (χ2v) is 3.52. The predicted octanol–water partition coefficient (Wildman–Crippen LogP) is 2.54. The van der Waals surface area contributed by atoms with E-state index in [0.717, 1.165) is 11.1 Å². The highest BCUT2D eigenvalue weighted by atomic mass is 35.5. The Morgan fingerprint density at radius 3 is 2.69 bits per heavy atom. The summed E-state index contributed by atoms with van der Waals surface area (Å²) < 4.78 is 10.00. The largest absolute Gasteiger partial charge is 0.497 e. The van der Waals surface area contributed by atoms with Crippen LogP contribution in [0.3, 0.4) is 0 Å². The Bertz CT molecular complexity index is 363. The maximum atomic E-state index is 11.4. The second kappa shape index (κ2) is 6.38. The van der Waals surface area contributed by atoms with Crippen molar-refractivity contribution in [1.29, 1.82) is 0 Å². The Morgan fingerprint density at radius 1 is 1.38 bits per heavy atom. The van der Waals surface area contributed by atoms with Crippen LogP contribution < -0.4 is 4.74 Å². The number of alkyl halides is 1. The quantitative estimate of drug-likeness (QED) is 0.588. The molecule has 0 atom stereocenters. The molecule has 0 radical (unpaired) electrons. The fourth-order valence-electron chi connectivity index (χ4n) is 1.39. The van der Waals surface area contributed by atoms with Crippen LogP contribution in [0.25, 0.3) is 0 Å². The zero-order valence-corrected chi connectivity index (χ0v) is 10.2. The van der Waals surface area contributed by atoms with Gasteiger partial charge in [0.25, 0.3) is 0 Å². The summed E-state index contributed by atoms with van der Waals surface area (Å²) in [5.41, 5.74) is 1.78. The molecule has 0 unspecified atom stereocenters. The average molecular weight is 243 g/mol. The van der Waals surface area contributed by atoms with E-state index in [1.165, 1.54) is 0 Å². The number of esters is 1. The zero-order valence-electron chi connectivity index (χ0n) is 9.46. The number of rotatable bonds is 5. The van der Waals surface area contributed by atoms with E-state index in [0.29, 0.717) is 18.2 Å².